The Hall–Kier alpha value is -2.09. The van der Waals surface area contributed by atoms with Gasteiger partial charge in [-0.1, -0.05) is 17.7 Å². The average molecular weight is 285 g/mol. The van der Waals surface area contributed by atoms with Crippen molar-refractivity contribution >= 4 is 21.8 Å². The largest absolute Gasteiger partial charge is 0.460 e. The lowest BCUT2D eigenvalue weighted by Gasteiger charge is -2.05. The van der Waals surface area contributed by atoms with E-state index < -0.39 is 21.8 Å². The molecular formula is C11H15N3O4S. The van der Waals surface area contributed by atoms with E-state index in [4.69, 9.17) is 5.73 Å². The normalized spacial score (nSPS) is 12.0. The number of hydrogen-bond acceptors (Lipinski definition) is 5. The molecule has 0 aliphatic rings. The molecule has 0 heterocycles. The van der Waals surface area contributed by atoms with Gasteiger partial charge in [-0.3, -0.25) is 0 Å². The van der Waals surface area contributed by atoms with Crippen LogP contribution in [0.3, 0.4) is 0 Å². The number of rotatable bonds is 4. The van der Waals surface area contributed by atoms with Crippen molar-refractivity contribution in [2.45, 2.75) is 18.7 Å². The molecule has 19 heavy (non-hydrogen) atoms. The molecule has 0 unspecified atom stereocenters. The van der Waals surface area contributed by atoms with E-state index in [1.54, 1.807) is 19.1 Å². The third-order valence-electron chi connectivity index (χ3n) is 2.10. The van der Waals surface area contributed by atoms with Crippen LogP contribution in [0.15, 0.2) is 34.3 Å². The molecule has 7 nitrogen and oxygen atoms in total. The van der Waals surface area contributed by atoms with Crippen LogP contribution in [0, 0.1) is 6.92 Å². The minimum absolute atomic E-state index is 0.0264. The molecule has 0 atom stereocenters. The summed E-state index contributed by atoms with van der Waals surface area (Å²) in [7, 11) is -3.85. The van der Waals surface area contributed by atoms with Crippen LogP contribution in [0.4, 0.5) is 0 Å². The number of ether oxygens (including phenoxy) is 1. The lowest BCUT2D eigenvalue weighted by atomic mass is 10.2. The molecule has 0 radical (unpaired) electrons. The average Bonchev–Trinajstić information content (AvgIpc) is 2.37. The van der Waals surface area contributed by atoms with Crippen molar-refractivity contribution in [3.63, 3.8) is 0 Å². The molecule has 1 aromatic carbocycles. The molecule has 0 saturated carbocycles. The highest BCUT2D eigenvalue weighted by atomic mass is 32.2. The first-order valence-corrected chi connectivity index (χ1v) is 6.94. The predicted octanol–water partition coefficient (Wildman–Crippen LogP) is 0.109. The van der Waals surface area contributed by atoms with Crippen LogP contribution in [0.1, 0.15) is 12.5 Å². The van der Waals surface area contributed by atoms with Crippen LogP contribution >= 0.6 is 0 Å². The number of nitrogens with one attached hydrogen (secondary N) is 1. The smallest absolute Gasteiger partial charge is 0.375 e. The Kier molecular flexibility index (Phi) is 4.87. The number of carbonyl (C=O) groups is 1. The van der Waals surface area contributed by atoms with Gasteiger partial charge in [0.05, 0.1) is 11.5 Å². The summed E-state index contributed by atoms with van der Waals surface area (Å²) in [5.41, 5.74) is 6.19. The van der Waals surface area contributed by atoms with Gasteiger partial charge in [0.2, 0.25) is 5.84 Å². The summed E-state index contributed by atoms with van der Waals surface area (Å²) in [4.78, 5) is 13.0. The van der Waals surface area contributed by atoms with Crippen molar-refractivity contribution in [2.75, 3.05) is 6.61 Å². The summed E-state index contributed by atoms with van der Waals surface area (Å²) in [5.74, 6) is -1.44. The summed E-state index contributed by atoms with van der Waals surface area (Å²) in [6, 6.07) is 6.14. The number of amidine groups is 1. The predicted molar refractivity (Wildman–Crippen MR) is 69.8 cm³/mol. The van der Waals surface area contributed by atoms with E-state index in [9.17, 15) is 13.2 Å². The Morgan fingerprint density at radius 3 is 2.47 bits per heavy atom. The Morgan fingerprint density at radius 1 is 1.37 bits per heavy atom. The molecule has 3 N–H and O–H groups in total. The fraction of sp³-hybridized carbons (Fsp3) is 0.273. The number of hydrogen-bond donors (Lipinski definition) is 2. The van der Waals surface area contributed by atoms with Crippen LogP contribution in [0.25, 0.3) is 0 Å². The minimum atomic E-state index is -3.85. The molecule has 0 bridgehead atoms. The number of benzene rings is 1. The summed E-state index contributed by atoms with van der Waals surface area (Å²) in [6.07, 6.45) is 0. The lowest BCUT2D eigenvalue weighted by Crippen LogP contribution is -2.30. The van der Waals surface area contributed by atoms with Gasteiger partial charge < -0.3 is 10.5 Å². The standard InChI is InChI=1S/C11H15N3O4S/c1-3-18-11(15)10(12)13-14-19(16,17)9-6-4-8(2)5-7-9/h4-7,14H,3H2,1-2H3,(H2,12,13). The molecule has 0 aromatic heterocycles. The number of esters is 1. The Bertz CT molecular complexity index is 578. The molecule has 0 spiro atoms. The van der Waals surface area contributed by atoms with Gasteiger partial charge in [0.1, 0.15) is 0 Å². The van der Waals surface area contributed by atoms with Crippen molar-refractivity contribution < 1.29 is 17.9 Å². The van der Waals surface area contributed by atoms with Crippen molar-refractivity contribution in [2.24, 2.45) is 10.8 Å². The van der Waals surface area contributed by atoms with Gasteiger partial charge in [0.25, 0.3) is 10.0 Å². The van der Waals surface area contributed by atoms with E-state index in [1.165, 1.54) is 12.1 Å². The maximum Gasteiger partial charge on any atom is 0.375 e. The van der Waals surface area contributed by atoms with Crippen molar-refractivity contribution in [3.05, 3.63) is 29.8 Å². The van der Waals surface area contributed by atoms with E-state index in [2.05, 4.69) is 9.84 Å². The second kappa shape index (κ2) is 6.19. The highest BCUT2D eigenvalue weighted by molar-refractivity contribution is 7.89. The third-order valence-corrected chi connectivity index (χ3v) is 3.33. The molecule has 1 aromatic rings. The van der Waals surface area contributed by atoms with E-state index >= 15 is 0 Å². The molecule has 8 heteroatoms. The van der Waals surface area contributed by atoms with E-state index in [1.807, 2.05) is 11.8 Å². The monoisotopic (exact) mass is 285 g/mol. The molecule has 104 valence electrons. The summed E-state index contributed by atoms with van der Waals surface area (Å²) in [6.45, 7) is 3.56. The van der Waals surface area contributed by atoms with Crippen molar-refractivity contribution in [1.29, 1.82) is 0 Å². The van der Waals surface area contributed by atoms with Gasteiger partial charge in [-0.25, -0.2) is 4.79 Å². The number of carbonyl (C=O) groups excluding carboxylic acids is 1. The van der Waals surface area contributed by atoms with Gasteiger partial charge in [-0.05, 0) is 26.0 Å². The highest BCUT2D eigenvalue weighted by Crippen LogP contribution is 2.09. The van der Waals surface area contributed by atoms with Crippen LogP contribution in [-0.4, -0.2) is 26.8 Å². The van der Waals surface area contributed by atoms with Crippen LogP contribution in [0.2, 0.25) is 0 Å². The zero-order valence-corrected chi connectivity index (χ0v) is 11.4. The fourth-order valence-electron chi connectivity index (χ4n) is 1.13. The van der Waals surface area contributed by atoms with Gasteiger partial charge in [0, 0.05) is 0 Å². The van der Waals surface area contributed by atoms with Gasteiger partial charge in [-0.2, -0.15) is 13.2 Å². The van der Waals surface area contributed by atoms with E-state index in [-0.39, 0.29) is 11.5 Å². The summed E-state index contributed by atoms with van der Waals surface area (Å²) in [5, 5.41) is 3.30. The number of nitrogens with two attached hydrogens (primary N) is 1. The summed E-state index contributed by atoms with van der Waals surface area (Å²) < 4.78 is 28.2. The second-order valence-electron chi connectivity index (χ2n) is 3.63. The molecule has 1 rings (SSSR count). The first kappa shape index (κ1) is 15.0. The number of hydrazone groups is 1. The topological polar surface area (TPSA) is 111 Å². The van der Waals surface area contributed by atoms with Gasteiger partial charge in [-0.15, -0.1) is 5.10 Å². The van der Waals surface area contributed by atoms with E-state index in [0.717, 1.165) is 5.56 Å². The van der Waals surface area contributed by atoms with Crippen molar-refractivity contribution in [1.82, 2.24) is 4.83 Å². The Morgan fingerprint density at radius 2 is 1.95 bits per heavy atom. The van der Waals surface area contributed by atoms with Crippen LogP contribution in [0.5, 0.6) is 0 Å². The molecule has 0 aliphatic carbocycles. The Balaban J connectivity index is 2.83. The molecule has 0 amide bonds. The van der Waals surface area contributed by atoms with E-state index in [0.29, 0.717) is 0 Å². The zero-order chi connectivity index (χ0) is 14.5. The minimum Gasteiger partial charge on any atom is -0.460 e. The molecular weight excluding hydrogens is 270 g/mol. The fourth-order valence-corrected chi connectivity index (χ4v) is 1.95. The van der Waals surface area contributed by atoms with Crippen LogP contribution in [-0.2, 0) is 19.6 Å². The molecule has 0 fully saturated rings. The number of nitrogens with zero attached hydrogens (tertiary/aromatic N) is 1. The van der Waals surface area contributed by atoms with Gasteiger partial charge >= 0.3 is 5.97 Å². The second-order valence-corrected chi connectivity index (χ2v) is 5.29. The lowest BCUT2D eigenvalue weighted by molar-refractivity contribution is -0.135. The Labute approximate surface area is 111 Å². The SMILES string of the molecule is CCOC(=O)/C(N)=N/NS(=O)(=O)c1ccc(C)cc1. The quantitative estimate of drug-likeness (QED) is 0.353. The highest BCUT2D eigenvalue weighted by Gasteiger charge is 2.14. The zero-order valence-electron chi connectivity index (χ0n) is 10.6. The van der Waals surface area contributed by atoms with Crippen LogP contribution < -0.4 is 10.6 Å². The molecule has 0 saturated heterocycles. The first-order valence-electron chi connectivity index (χ1n) is 5.45. The first-order chi connectivity index (χ1) is 8.86. The number of aryl methyl sites for hydroxylation is 1. The third kappa shape index (κ3) is 4.25. The maximum atomic E-state index is 11.8. The molecule has 0 aliphatic heterocycles. The maximum absolute atomic E-state index is 11.8. The number of sulfonamides is 1. The van der Waals surface area contributed by atoms with Gasteiger partial charge in [0.15, 0.2) is 0 Å². The summed E-state index contributed by atoms with van der Waals surface area (Å²) >= 11 is 0. The van der Waals surface area contributed by atoms with Crippen molar-refractivity contribution in [3.8, 4) is 0 Å².